The van der Waals surface area contributed by atoms with Crippen molar-refractivity contribution >= 4 is 5.69 Å². The first kappa shape index (κ1) is 15.5. The first-order valence-corrected chi connectivity index (χ1v) is 9.54. The predicted molar refractivity (Wildman–Crippen MR) is 97.7 cm³/mol. The number of rotatable bonds is 5. The van der Waals surface area contributed by atoms with Gasteiger partial charge in [-0.15, -0.1) is 0 Å². The number of nitrogens with zero attached hydrogens (tertiary/aromatic N) is 1. The van der Waals surface area contributed by atoms with Crippen LogP contribution in [0.15, 0.2) is 24.3 Å². The van der Waals surface area contributed by atoms with Crippen molar-refractivity contribution in [1.82, 2.24) is 5.32 Å². The highest BCUT2D eigenvalue weighted by Crippen LogP contribution is 2.61. The molecule has 2 heteroatoms. The van der Waals surface area contributed by atoms with Gasteiger partial charge < -0.3 is 10.2 Å². The summed E-state index contributed by atoms with van der Waals surface area (Å²) in [6.07, 6.45) is 9.10. The zero-order valence-electron chi connectivity index (χ0n) is 15.0. The van der Waals surface area contributed by atoms with Crippen molar-refractivity contribution in [2.45, 2.75) is 58.0 Å². The first-order chi connectivity index (χ1) is 11.0. The average Bonchev–Trinajstić information content (AvgIpc) is 2.51. The van der Waals surface area contributed by atoms with Gasteiger partial charge in [-0.1, -0.05) is 12.1 Å². The summed E-state index contributed by atoms with van der Waals surface area (Å²) in [5, 5.41) is 3.89. The molecule has 23 heavy (non-hydrogen) atoms. The molecule has 2 nitrogen and oxygen atoms in total. The Labute approximate surface area is 141 Å². The lowest BCUT2D eigenvalue weighted by Gasteiger charge is -2.59. The highest BCUT2D eigenvalue weighted by molar-refractivity contribution is 5.45. The van der Waals surface area contributed by atoms with Crippen molar-refractivity contribution < 1.29 is 0 Å². The minimum Gasteiger partial charge on any atom is -0.378 e. The first-order valence-electron chi connectivity index (χ1n) is 9.54. The van der Waals surface area contributed by atoms with Crippen molar-refractivity contribution in [3.63, 3.8) is 0 Å². The van der Waals surface area contributed by atoms with E-state index in [0.717, 1.165) is 24.3 Å². The van der Waals surface area contributed by atoms with Gasteiger partial charge in [-0.05, 0) is 86.3 Å². The van der Waals surface area contributed by atoms with Gasteiger partial charge in [0, 0.05) is 32.4 Å². The summed E-state index contributed by atoms with van der Waals surface area (Å²) in [6, 6.07) is 9.66. The molecule has 4 aliphatic rings. The van der Waals surface area contributed by atoms with E-state index in [-0.39, 0.29) is 0 Å². The third kappa shape index (κ3) is 2.91. The van der Waals surface area contributed by atoms with Gasteiger partial charge in [-0.2, -0.15) is 0 Å². The Kier molecular flexibility index (Phi) is 3.91. The van der Waals surface area contributed by atoms with Crippen LogP contribution in [-0.4, -0.2) is 20.1 Å². The smallest absolute Gasteiger partial charge is 0.0361 e. The molecule has 0 aliphatic heterocycles. The summed E-state index contributed by atoms with van der Waals surface area (Å²) in [5.41, 5.74) is 3.30. The maximum atomic E-state index is 3.89. The number of benzene rings is 1. The molecule has 0 spiro atoms. The molecule has 0 radical (unpaired) electrons. The van der Waals surface area contributed by atoms with Crippen molar-refractivity contribution in [2.24, 2.45) is 23.2 Å². The van der Waals surface area contributed by atoms with E-state index in [0.29, 0.717) is 11.5 Å². The van der Waals surface area contributed by atoms with E-state index in [4.69, 9.17) is 0 Å². The van der Waals surface area contributed by atoms with Gasteiger partial charge in [-0.3, -0.25) is 0 Å². The minimum absolute atomic E-state index is 0.609. The molecule has 0 aromatic heterocycles. The summed E-state index contributed by atoms with van der Waals surface area (Å²) in [7, 11) is 4.20. The normalized spacial score (nSPS) is 36.2. The van der Waals surface area contributed by atoms with E-state index in [2.05, 4.69) is 55.5 Å². The lowest BCUT2D eigenvalue weighted by atomic mass is 9.48. The molecule has 126 valence electrons. The third-order valence-corrected chi connectivity index (χ3v) is 7.07. The Morgan fingerprint density at radius 1 is 1.00 bits per heavy atom. The molecule has 4 aliphatic carbocycles. The fourth-order valence-corrected chi connectivity index (χ4v) is 6.11. The average molecular weight is 313 g/mol. The van der Waals surface area contributed by atoms with E-state index in [1.54, 1.807) is 0 Å². The molecular formula is C21H32N2. The van der Waals surface area contributed by atoms with Gasteiger partial charge in [0.25, 0.3) is 0 Å². The second-order valence-electron chi connectivity index (χ2n) is 8.94. The molecular weight excluding hydrogens is 280 g/mol. The highest BCUT2D eigenvalue weighted by Gasteiger charge is 2.52. The summed E-state index contributed by atoms with van der Waals surface area (Å²) in [6.45, 7) is 3.47. The van der Waals surface area contributed by atoms with Gasteiger partial charge in [0.15, 0.2) is 0 Å². The number of nitrogens with one attached hydrogen (secondary N) is 1. The third-order valence-electron chi connectivity index (χ3n) is 7.07. The number of anilines is 1. The summed E-state index contributed by atoms with van der Waals surface area (Å²) in [4.78, 5) is 2.16. The molecule has 5 rings (SSSR count). The van der Waals surface area contributed by atoms with Crippen LogP contribution in [0.2, 0.25) is 0 Å². The topological polar surface area (TPSA) is 15.3 Å². The Morgan fingerprint density at radius 3 is 2.00 bits per heavy atom. The van der Waals surface area contributed by atoms with E-state index >= 15 is 0 Å². The molecule has 0 heterocycles. The van der Waals surface area contributed by atoms with E-state index in [1.807, 2.05) is 0 Å². The monoisotopic (exact) mass is 312 g/mol. The lowest BCUT2D eigenvalue weighted by molar-refractivity contribution is -0.0706. The van der Waals surface area contributed by atoms with Crippen LogP contribution in [0.5, 0.6) is 0 Å². The second-order valence-corrected chi connectivity index (χ2v) is 8.94. The van der Waals surface area contributed by atoms with Gasteiger partial charge >= 0.3 is 0 Å². The maximum absolute atomic E-state index is 3.89. The van der Waals surface area contributed by atoms with Crippen LogP contribution in [0, 0.1) is 23.2 Å². The Hall–Kier alpha value is -1.02. The largest absolute Gasteiger partial charge is 0.378 e. The van der Waals surface area contributed by atoms with Crippen molar-refractivity contribution in [1.29, 1.82) is 0 Å². The zero-order chi connectivity index (χ0) is 16.0. The van der Waals surface area contributed by atoms with Gasteiger partial charge in [-0.25, -0.2) is 0 Å². The number of hydrogen-bond acceptors (Lipinski definition) is 2. The van der Waals surface area contributed by atoms with Gasteiger partial charge in [0.2, 0.25) is 0 Å². The molecule has 1 aromatic rings. The molecule has 4 fully saturated rings. The van der Waals surface area contributed by atoms with Gasteiger partial charge in [0.1, 0.15) is 0 Å². The molecule has 0 unspecified atom stereocenters. The van der Waals surface area contributed by atoms with Crippen LogP contribution >= 0.6 is 0 Å². The van der Waals surface area contributed by atoms with Crippen molar-refractivity contribution in [3.05, 3.63) is 29.8 Å². The van der Waals surface area contributed by atoms with Gasteiger partial charge in [0.05, 0.1) is 0 Å². The van der Waals surface area contributed by atoms with Crippen molar-refractivity contribution in [2.75, 3.05) is 19.0 Å². The fourth-order valence-electron chi connectivity index (χ4n) is 6.11. The molecule has 4 bridgehead atoms. The molecule has 1 atom stereocenters. The Morgan fingerprint density at radius 2 is 1.52 bits per heavy atom. The minimum atomic E-state index is 0.609. The summed E-state index contributed by atoms with van der Waals surface area (Å²) < 4.78 is 0. The predicted octanol–water partition coefficient (Wildman–Crippen LogP) is 4.45. The van der Waals surface area contributed by atoms with Crippen LogP contribution in [0.4, 0.5) is 5.69 Å². The molecule has 4 saturated carbocycles. The van der Waals surface area contributed by atoms with Crippen LogP contribution in [0.1, 0.15) is 51.0 Å². The quantitative estimate of drug-likeness (QED) is 0.864. The van der Waals surface area contributed by atoms with Crippen molar-refractivity contribution in [3.8, 4) is 0 Å². The van der Waals surface area contributed by atoms with E-state index in [9.17, 15) is 0 Å². The highest BCUT2D eigenvalue weighted by atomic mass is 15.1. The second kappa shape index (κ2) is 5.81. The lowest BCUT2D eigenvalue weighted by Crippen LogP contribution is -2.54. The SMILES string of the molecule is C[C@@H](NCc1ccc(N(C)C)cc1)C12CC3CC(CC(C3)C1)C2. The van der Waals surface area contributed by atoms with E-state index < -0.39 is 0 Å². The summed E-state index contributed by atoms with van der Waals surface area (Å²) >= 11 is 0. The Balaban J connectivity index is 1.39. The van der Waals surface area contributed by atoms with E-state index in [1.165, 1.54) is 49.8 Å². The fraction of sp³-hybridized carbons (Fsp3) is 0.714. The zero-order valence-corrected chi connectivity index (χ0v) is 15.0. The molecule has 0 saturated heterocycles. The standard InChI is InChI=1S/C21H32N2/c1-15(22-14-16-4-6-20(7-5-16)23(2)3)21-11-17-8-18(12-21)10-19(9-17)13-21/h4-7,15,17-19,22H,8-14H2,1-3H3/t15-,17?,18?,19?,21?/m1/s1. The molecule has 1 N–H and O–H groups in total. The summed E-state index contributed by atoms with van der Waals surface area (Å²) in [5.74, 6) is 3.14. The van der Waals surface area contributed by atoms with Crippen LogP contribution in [0.3, 0.4) is 0 Å². The Bertz CT molecular complexity index is 510. The van der Waals surface area contributed by atoms with Crippen LogP contribution in [0.25, 0.3) is 0 Å². The number of hydrogen-bond donors (Lipinski definition) is 1. The maximum Gasteiger partial charge on any atom is 0.0361 e. The van der Waals surface area contributed by atoms with Crippen LogP contribution < -0.4 is 10.2 Å². The molecule has 0 amide bonds. The molecule has 1 aromatic carbocycles. The van der Waals surface area contributed by atoms with Crippen LogP contribution in [-0.2, 0) is 6.54 Å².